The molecule has 0 saturated heterocycles. The number of hydrogen-bond acceptors (Lipinski definition) is 3. The topological polar surface area (TPSA) is 3.24 Å². The Morgan fingerprint density at radius 3 is 2.25 bits per heavy atom. The van der Waals surface area contributed by atoms with Crippen molar-refractivity contribution in [2.45, 2.75) is 40.2 Å². The first-order valence-corrected chi connectivity index (χ1v) is 8.15. The van der Waals surface area contributed by atoms with Crippen LogP contribution in [0.25, 0.3) is 0 Å². The van der Waals surface area contributed by atoms with Crippen LogP contribution in [0.1, 0.15) is 34.1 Å². The predicted octanol–water partition coefficient (Wildman–Crippen LogP) is 3.65. The van der Waals surface area contributed by atoms with Gasteiger partial charge in [-0.1, -0.05) is 20.8 Å². The van der Waals surface area contributed by atoms with E-state index in [4.69, 9.17) is 0 Å². The Kier molecular flexibility index (Phi) is 8.21. The fourth-order valence-electron chi connectivity index (χ4n) is 1.64. The molecule has 0 amide bonds. The van der Waals surface area contributed by atoms with Crippen molar-refractivity contribution in [1.82, 2.24) is 4.90 Å². The quantitative estimate of drug-likeness (QED) is 0.698. The molecule has 0 aromatic carbocycles. The minimum Gasteiger partial charge on any atom is -0.303 e. The number of hydrogen-bond donors (Lipinski definition) is 1. The molecule has 0 aromatic heterocycles. The first-order chi connectivity index (χ1) is 7.32. The number of thiol groups is 1. The van der Waals surface area contributed by atoms with Crippen LogP contribution in [0.4, 0.5) is 0 Å². The van der Waals surface area contributed by atoms with Crippen LogP contribution < -0.4 is 0 Å². The van der Waals surface area contributed by atoms with Gasteiger partial charge in [0.2, 0.25) is 0 Å². The first-order valence-electron chi connectivity index (χ1n) is 6.13. The number of rotatable bonds is 7. The lowest BCUT2D eigenvalue weighted by molar-refractivity contribution is 0.156. The zero-order valence-electron chi connectivity index (χ0n) is 11.8. The van der Waals surface area contributed by atoms with Gasteiger partial charge < -0.3 is 4.90 Å². The molecule has 0 fully saturated rings. The Bertz CT molecular complexity index is 177. The maximum absolute atomic E-state index is 4.49. The highest BCUT2D eigenvalue weighted by Crippen LogP contribution is 2.28. The zero-order valence-corrected chi connectivity index (χ0v) is 13.5. The summed E-state index contributed by atoms with van der Waals surface area (Å²) in [6.45, 7) is 10.4. The lowest BCUT2D eigenvalue weighted by Crippen LogP contribution is -2.39. The third-order valence-electron chi connectivity index (χ3n) is 3.45. The highest BCUT2D eigenvalue weighted by molar-refractivity contribution is 7.98. The summed E-state index contributed by atoms with van der Waals surface area (Å²) in [7, 11) is 2.24. The molecule has 0 aliphatic rings. The van der Waals surface area contributed by atoms with E-state index in [1.807, 2.05) is 11.8 Å². The van der Waals surface area contributed by atoms with Gasteiger partial charge >= 0.3 is 0 Å². The molecule has 2 atom stereocenters. The van der Waals surface area contributed by atoms with Crippen molar-refractivity contribution in [1.29, 1.82) is 0 Å². The average molecular weight is 264 g/mol. The van der Waals surface area contributed by atoms with E-state index >= 15 is 0 Å². The van der Waals surface area contributed by atoms with E-state index in [0.29, 0.717) is 17.4 Å². The Morgan fingerprint density at radius 1 is 1.31 bits per heavy atom. The van der Waals surface area contributed by atoms with Crippen LogP contribution in [-0.2, 0) is 0 Å². The van der Waals surface area contributed by atoms with E-state index in [-0.39, 0.29) is 0 Å². The van der Waals surface area contributed by atoms with Crippen LogP contribution in [0.15, 0.2) is 0 Å². The first kappa shape index (κ1) is 16.7. The van der Waals surface area contributed by atoms with Crippen molar-refractivity contribution < 1.29 is 0 Å². The van der Waals surface area contributed by atoms with E-state index in [0.717, 1.165) is 12.3 Å². The average Bonchev–Trinajstić information content (AvgIpc) is 2.20. The molecule has 16 heavy (non-hydrogen) atoms. The molecule has 0 spiro atoms. The zero-order chi connectivity index (χ0) is 12.8. The lowest BCUT2D eigenvalue weighted by Gasteiger charge is -2.35. The summed E-state index contributed by atoms with van der Waals surface area (Å²) in [5, 5.41) is 0. The summed E-state index contributed by atoms with van der Waals surface area (Å²) in [6, 6.07) is 0.678. The van der Waals surface area contributed by atoms with Gasteiger partial charge in [-0.15, -0.1) is 0 Å². The van der Waals surface area contributed by atoms with Crippen LogP contribution in [-0.4, -0.2) is 42.3 Å². The van der Waals surface area contributed by atoms with Crippen molar-refractivity contribution in [2.75, 3.05) is 31.4 Å². The summed E-state index contributed by atoms with van der Waals surface area (Å²) in [5.74, 6) is 2.90. The molecular weight excluding hydrogens is 234 g/mol. The minimum absolute atomic E-state index is 0.356. The van der Waals surface area contributed by atoms with E-state index in [1.165, 1.54) is 12.2 Å². The van der Waals surface area contributed by atoms with E-state index in [9.17, 15) is 0 Å². The van der Waals surface area contributed by atoms with E-state index in [1.54, 1.807) is 0 Å². The third-order valence-corrected chi connectivity index (χ3v) is 4.53. The van der Waals surface area contributed by atoms with E-state index in [2.05, 4.69) is 58.5 Å². The molecule has 1 nitrogen and oxygen atoms in total. The molecule has 0 radical (unpaired) electrons. The second kappa shape index (κ2) is 7.88. The smallest absolute Gasteiger partial charge is 0.00718 e. The van der Waals surface area contributed by atoms with Gasteiger partial charge in [0.25, 0.3) is 0 Å². The van der Waals surface area contributed by atoms with Crippen molar-refractivity contribution in [3.8, 4) is 0 Å². The van der Waals surface area contributed by atoms with Gasteiger partial charge in [-0.2, -0.15) is 24.4 Å². The molecule has 0 aliphatic heterocycles. The Hall–Kier alpha value is 0.660. The number of thioether (sulfide) groups is 1. The van der Waals surface area contributed by atoms with Gasteiger partial charge in [-0.05, 0) is 49.5 Å². The highest BCUT2D eigenvalue weighted by atomic mass is 32.2. The fraction of sp³-hybridized carbons (Fsp3) is 1.00. The standard InChI is InChI=1S/C13H29NS2/c1-11(7-8-16-6)14(5)9-12(10-15)13(2,3)4/h11-12,15H,7-10H2,1-6H3. The summed E-state index contributed by atoms with van der Waals surface area (Å²) >= 11 is 6.43. The molecule has 0 saturated carbocycles. The molecule has 0 aromatic rings. The maximum Gasteiger partial charge on any atom is 0.00718 e. The molecule has 2 unspecified atom stereocenters. The van der Waals surface area contributed by atoms with Gasteiger partial charge in [0.15, 0.2) is 0 Å². The molecule has 0 rings (SSSR count). The molecule has 0 N–H and O–H groups in total. The monoisotopic (exact) mass is 263 g/mol. The SMILES string of the molecule is CSCCC(C)N(C)CC(CS)C(C)(C)C. The predicted molar refractivity (Wildman–Crippen MR) is 81.9 cm³/mol. The normalized spacial score (nSPS) is 16.5. The molecule has 0 heterocycles. The van der Waals surface area contributed by atoms with Gasteiger partial charge in [0, 0.05) is 12.6 Å². The third kappa shape index (κ3) is 6.41. The summed E-state index contributed by atoms with van der Waals surface area (Å²) in [4.78, 5) is 2.49. The van der Waals surface area contributed by atoms with Crippen molar-refractivity contribution in [3.05, 3.63) is 0 Å². The van der Waals surface area contributed by atoms with Gasteiger partial charge in [0.1, 0.15) is 0 Å². The van der Waals surface area contributed by atoms with Crippen molar-refractivity contribution in [2.24, 2.45) is 11.3 Å². The van der Waals surface area contributed by atoms with Crippen LogP contribution in [0.3, 0.4) is 0 Å². The van der Waals surface area contributed by atoms with Crippen LogP contribution >= 0.6 is 24.4 Å². The summed E-state index contributed by atoms with van der Waals surface area (Å²) in [5.41, 5.74) is 0.356. The Morgan fingerprint density at radius 2 is 1.88 bits per heavy atom. The van der Waals surface area contributed by atoms with E-state index < -0.39 is 0 Å². The minimum atomic E-state index is 0.356. The Balaban J connectivity index is 4.14. The van der Waals surface area contributed by atoms with Crippen molar-refractivity contribution in [3.63, 3.8) is 0 Å². The second-order valence-electron chi connectivity index (χ2n) is 5.82. The van der Waals surface area contributed by atoms with Crippen molar-refractivity contribution >= 4 is 24.4 Å². The second-order valence-corrected chi connectivity index (χ2v) is 7.17. The van der Waals surface area contributed by atoms with Crippen LogP contribution in [0.2, 0.25) is 0 Å². The summed E-state index contributed by atoms with van der Waals surface area (Å²) in [6.07, 6.45) is 3.46. The van der Waals surface area contributed by atoms with Gasteiger partial charge in [-0.25, -0.2) is 0 Å². The molecule has 0 bridgehead atoms. The van der Waals surface area contributed by atoms with Crippen LogP contribution in [0, 0.1) is 11.3 Å². The molecule has 0 aliphatic carbocycles. The summed E-state index contributed by atoms with van der Waals surface area (Å²) < 4.78 is 0. The van der Waals surface area contributed by atoms with Crippen LogP contribution in [0.5, 0.6) is 0 Å². The maximum atomic E-state index is 4.49. The molecule has 3 heteroatoms. The molecular formula is C13H29NS2. The lowest BCUT2D eigenvalue weighted by atomic mass is 9.81. The highest BCUT2D eigenvalue weighted by Gasteiger charge is 2.25. The fourth-order valence-corrected chi connectivity index (χ4v) is 2.88. The molecule has 98 valence electrons. The largest absolute Gasteiger partial charge is 0.303 e. The van der Waals surface area contributed by atoms with Gasteiger partial charge in [0.05, 0.1) is 0 Å². The van der Waals surface area contributed by atoms with Gasteiger partial charge in [-0.3, -0.25) is 0 Å². The number of nitrogens with zero attached hydrogens (tertiary/aromatic N) is 1. The Labute approximate surface area is 112 Å².